The van der Waals surface area contributed by atoms with E-state index in [0.29, 0.717) is 30.9 Å². The van der Waals surface area contributed by atoms with E-state index in [1.807, 2.05) is 0 Å². The van der Waals surface area contributed by atoms with E-state index in [1.54, 1.807) is 12.3 Å². The minimum Gasteiger partial charge on any atom is -0.478 e. The Bertz CT molecular complexity index is 306. The van der Waals surface area contributed by atoms with E-state index in [0.717, 1.165) is 13.0 Å². The van der Waals surface area contributed by atoms with Gasteiger partial charge in [-0.2, -0.15) is 4.98 Å². The van der Waals surface area contributed by atoms with Gasteiger partial charge in [-0.05, 0) is 18.9 Å². The standard InChI is InChI=1S/C11H20N4O/c1-3-6-16-10-4-5-13-11(15-10)14-8-9(2)7-12/h4-5,9H,3,6-8,12H2,1-2H3,(H,13,14,15). The molecular formula is C11H20N4O. The molecule has 1 atom stereocenters. The first-order chi connectivity index (χ1) is 7.76. The molecule has 0 radical (unpaired) electrons. The van der Waals surface area contributed by atoms with Gasteiger partial charge in [-0.3, -0.25) is 0 Å². The van der Waals surface area contributed by atoms with Gasteiger partial charge >= 0.3 is 0 Å². The molecule has 16 heavy (non-hydrogen) atoms. The van der Waals surface area contributed by atoms with Crippen molar-refractivity contribution in [2.24, 2.45) is 11.7 Å². The van der Waals surface area contributed by atoms with E-state index in [9.17, 15) is 0 Å². The summed E-state index contributed by atoms with van der Waals surface area (Å²) in [5.41, 5.74) is 5.53. The Hall–Kier alpha value is -1.36. The van der Waals surface area contributed by atoms with Gasteiger partial charge in [0.25, 0.3) is 0 Å². The number of nitrogens with two attached hydrogens (primary N) is 1. The summed E-state index contributed by atoms with van der Waals surface area (Å²) in [4.78, 5) is 8.34. The lowest BCUT2D eigenvalue weighted by atomic mass is 10.2. The van der Waals surface area contributed by atoms with Gasteiger partial charge in [-0.25, -0.2) is 4.98 Å². The van der Waals surface area contributed by atoms with Crippen LogP contribution in [0.15, 0.2) is 12.3 Å². The van der Waals surface area contributed by atoms with Gasteiger partial charge in [0.1, 0.15) is 0 Å². The number of nitrogens with one attached hydrogen (secondary N) is 1. The highest BCUT2D eigenvalue weighted by Gasteiger charge is 2.02. The molecule has 1 unspecified atom stereocenters. The summed E-state index contributed by atoms with van der Waals surface area (Å²) in [7, 11) is 0. The molecule has 0 aromatic carbocycles. The number of anilines is 1. The molecule has 0 amide bonds. The van der Waals surface area contributed by atoms with Gasteiger partial charge in [0, 0.05) is 18.8 Å². The van der Waals surface area contributed by atoms with Crippen molar-refractivity contribution in [3.8, 4) is 5.88 Å². The number of rotatable bonds is 7. The molecule has 1 aromatic rings. The van der Waals surface area contributed by atoms with Gasteiger partial charge in [0.15, 0.2) is 0 Å². The number of hydrogen-bond donors (Lipinski definition) is 2. The maximum atomic E-state index is 5.53. The van der Waals surface area contributed by atoms with Gasteiger partial charge in [0.05, 0.1) is 6.61 Å². The van der Waals surface area contributed by atoms with Crippen LogP contribution in [0.5, 0.6) is 5.88 Å². The fraction of sp³-hybridized carbons (Fsp3) is 0.636. The van der Waals surface area contributed by atoms with Crippen molar-refractivity contribution in [1.29, 1.82) is 0 Å². The predicted octanol–water partition coefficient (Wildman–Crippen LogP) is 1.27. The molecule has 0 bridgehead atoms. The van der Waals surface area contributed by atoms with Crippen molar-refractivity contribution in [3.05, 3.63) is 12.3 Å². The fourth-order valence-electron chi connectivity index (χ4n) is 1.06. The molecule has 90 valence electrons. The van der Waals surface area contributed by atoms with Crippen molar-refractivity contribution in [3.63, 3.8) is 0 Å². The topological polar surface area (TPSA) is 73.1 Å². The molecule has 3 N–H and O–H groups in total. The monoisotopic (exact) mass is 224 g/mol. The second kappa shape index (κ2) is 7.00. The fourth-order valence-corrected chi connectivity index (χ4v) is 1.06. The molecule has 5 nitrogen and oxygen atoms in total. The summed E-state index contributed by atoms with van der Waals surface area (Å²) in [6.45, 7) is 6.23. The zero-order chi connectivity index (χ0) is 11.8. The maximum Gasteiger partial charge on any atom is 0.225 e. The molecular weight excluding hydrogens is 204 g/mol. The van der Waals surface area contributed by atoms with Crippen LogP contribution < -0.4 is 15.8 Å². The third kappa shape index (κ3) is 4.44. The van der Waals surface area contributed by atoms with Crippen molar-refractivity contribution in [1.82, 2.24) is 9.97 Å². The molecule has 1 aromatic heterocycles. The third-order valence-electron chi connectivity index (χ3n) is 2.10. The lowest BCUT2D eigenvalue weighted by Crippen LogP contribution is -2.20. The third-order valence-corrected chi connectivity index (χ3v) is 2.10. The molecule has 0 aliphatic rings. The Morgan fingerprint density at radius 3 is 3.06 bits per heavy atom. The predicted molar refractivity (Wildman–Crippen MR) is 64.5 cm³/mol. The van der Waals surface area contributed by atoms with Crippen LogP contribution in [0.1, 0.15) is 20.3 Å². The molecule has 1 heterocycles. The highest BCUT2D eigenvalue weighted by Crippen LogP contribution is 2.08. The smallest absolute Gasteiger partial charge is 0.225 e. The first-order valence-electron chi connectivity index (χ1n) is 5.66. The van der Waals surface area contributed by atoms with E-state index in [4.69, 9.17) is 10.5 Å². The molecule has 0 saturated carbocycles. The summed E-state index contributed by atoms with van der Waals surface area (Å²) in [5, 5.41) is 3.13. The van der Waals surface area contributed by atoms with Crippen molar-refractivity contribution in [2.45, 2.75) is 20.3 Å². The first kappa shape index (κ1) is 12.7. The first-order valence-corrected chi connectivity index (χ1v) is 5.66. The van der Waals surface area contributed by atoms with Crippen LogP contribution in [0.2, 0.25) is 0 Å². The van der Waals surface area contributed by atoms with Crippen LogP contribution in [0, 0.1) is 5.92 Å². The Kier molecular flexibility index (Phi) is 5.56. The van der Waals surface area contributed by atoms with Crippen molar-refractivity contribution < 1.29 is 4.74 Å². The summed E-state index contributed by atoms with van der Waals surface area (Å²) in [6, 6.07) is 1.76. The molecule has 5 heteroatoms. The minimum atomic E-state index is 0.406. The average Bonchev–Trinajstić information content (AvgIpc) is 2.34. The second-order valence-electron chi connectivity index (χ2n) is 3.79. The average molecular weight is 224 g/mol. The lowest BCUT2D eigenvalue weighted by Gasteiger charge is -2.10. The van der Waals surface area contributed by atoms with Crippen LogP contribution in [0.4, 0.5) is 5.95 Å². The van der Waals surface area contributed by atoms with Crippen LogP contribution in [-0.4, -0.2) is 29.7 Å². The molecule has 1 rings (SSSR count). The van der Waals surface area contributed by atoms with E-state index in [2.05, 4.69) is 29.1 Å². The largest absolute Gasteiger partial charge is 0.478 e. The summed E-state index contributed by atoms with van der Waals surface area (Å²) >= 11 is 0. The Balaban J connectivity index is 2.46. The highest BCUT2D eigenvalue weighted by atomic mass is 16.5. The summed E-state index contributed by atoms with van der Waals surface area (Å²) < 4.78 is 5.41. The normalized spacial score (nSPS) is 12.2. The van der Waals surface area contributed by atoms with Crippen molar-refractivity contribution >= 4 is 5.95 Å². The van der Waals surface area contributed by atoms with Crippen molar-refractivity contribution in [2.75, 3.05) is 25.0 Å². The second-order valence-corrected chi connectivity index (χ2v) is 3.79. The number of ether oxygens (including phenoxy) is 1. The number of nitrogens with zero attached hydrogens (tertiary/aromatic N) is 2. The Labute approximate surface area is 96.4 Å². The van der Waals surface area contributed by atoms with Crippen LogP contribution >= 0.6 is 0 Å². The zero-order valence-electron chi connectivity index (χ0n) is 9.94. The van der Waals surface area contributed by atoms with E-state index in [1.165, 1.54) is 0 Å². The van der Waals surface area contributed by atoms with Gasteiger partial charge < -0.3 is 15.8 Å². The minimum absolute atomic E-state index is 0.406. The van der Waals surface area contributed by atoms with Crippen LogP contribution in [-0.2, 0) is 0 Å². The molecule has 0 fully saturated rings. The lowest BCUT2D eigenvalue weighted by molar-refractivity contribution is 0.305. The highest BCUT2D eigenvalue weighted by molar-refractivity contribution is 5.27. The van der Waals surface area contributed by atoms with Gasteiger partial charge in [-0.1, -0.05) is 13.8 Å². The maximum absolute atomic E-state index is 5.53. The number of hydrogen-bond acceptors (Lipinski definition) is 5. The molecule has 0 aliphatic heterocycles. The molecule has 0 saturated heterocycles. The summed E-state index contributed by atoms with van der Waals surface area (Å²) in [5.74, 6) is 1.61. The van der Waals surface area contributed by atoms with E-state index >= 15 is 0 Å². The van der Waals surface area contributed by atoms with Gasteiger partial charge in [0.2, 0.25) is 11.8 Å². The SMILES string of the molecule is CCCOc1ccnc(NCC(C)CN)n1. The molecule has 0 spiro atoms. The summed E-state index contributed by atoms with van der Waals surface area (Å²) in [6.07, 6.45) is 2.66. The van der Waals surface area contributed by atoms with E-state index in [-0.39, 0.29) is 0 Å². The Morgan fingerprint density at radius 1 is 1.56 bits per heavy atom. The van der Waals surface area contributed by atoms with E-state index < -0.39 is 0 Å². The number of aromatic nitrogens is 2. The zero-order valence-corrected chi connectivity index (χ0v) is 9.94. The quantitative estimate of drug-likeness (QED) is 0.729. The Morgan fingerprint density at radius 2 is 2.38 bits per heavy atom. The van der Waals surface area contributed by atoms with Gasteiger partial charge in [-0.15, -0.1) is 0 Å². The molecule has 0 aliphatic carbocycles. The van der Waals surface area contributed by atoms with Crippen LogP contribution in [0.3, 0.4) is 0 Å². The van der Waals surface area contributed by atoms with Crippen LogP contribution in [0.25, 0.3) is 0 Å².